The highest BCUT2D eigenvalue weighted by Gasteiger charge is 2.35. The quantitative estimate of drug-likeness (QED) is 0.535. The van der Waals surface area contributed by atoms with Crippen LogP contribution >= 0.6 is 0 Å². The molecule has 10 nitrogen and oxygen atoms in total. The largest absolute Gasteiger partial charge is 0.488 e. The Bertz CT molecular complexity index is 1270. The van der Waals surface area contributed by atoms with Gasteiger partial charge in [-0.3, -0.25) is 9.52 Å². The number of nitrogens with one attached hydrogen (secondary N) is 1. The summed E-state index contributed by atoms with van der Waals surface area (Å²) < 4.78 is 59.2. The van der Waals surface area contributed by atoms with E-state index in [1.165, 1.54) is 46.6 Å². The molecule has 12 heteroatoms. The lowest BCUT2D eigenvalue weighted by molar-refractivity contribution is 0.0387. The van der Waals surface area contributed by atoms with Crippen LogP contribution in [0.2, 0.25) is 0 Å². The van der Waals surface area contributed by atoms with E-state index < -0.39 is 38.1 Å². The van der Waals surface area contributed by atoms with Gasteiger partial charge in [0.1, 0.15) is 11.9 Å². The molecule has 0 unspecified atom stereocenters. The Kier molecular flexibility index (Phi) is 8.10. The minimum absolute atomic E-state index is 0.0106. The number of carbonyl (C=O) groups excluding carboxylic acids is 1. The molecule has 2 aromatic rings. The maximum absolute atomic E-state index is 13.4. The van der Waals surface area contributed by atoms with E-state index >= 15 is 0 Å². The van der Waals surface area contributed by atoms with Gasteiger partial charge in [-0.25, -0.2) is 16.8 Å². The van der Waals surface area contributed by atoms with E-state index in [0.717, 1.165) is 6.26 Å². The lowest BCUT2D eigenvalue weighted by Crippen LogP contribution is -2.50. The first kappa shape index (κ1) is 26.9. The van der Waals surface area contributed by atoms with Crippen molar-refractivity contribution < 1.29 is 31.5 Å². The van der Waals surface area contributed by atoms with Gasteiger partial charge in [0.15, 0.2) is 0 Å². The summed E-state index contributed by atoms with van der Waals surface area (Å²) in [5.41, 5.74) is 0.304. The number of rotatable bonds is 8. The molecule has 0 saturated carbocycles. The number of benzene rings is 2. The lowest BCUT2D eigenvalue weighted by Gasteiger charge is -2.38. The second kappa shape index (κ2) is 10.5. The lowest BCUT2D eigenvalue weighted by atomic mass is 9.99. The molecule has 1 aliphatic heterocycles. The van der Waals surface area contributed by atoms with Crippen LogP contribution in [0.3, 0.4) is 0 Å². The van der Waals surface area contributed by atoms with Crippen LogP contribution < -0.4 is 9.46 Å². The normalized spacial score (nSPS) is 19.9. The minimum atomic E-state index is -3.78. The van der Waals surface area contributed by atoms with Crippen LogP contribution in [0.1, 0.15) is 24.2 Å². The van der Waals surface area contributed by atoms with Crippen molar-refractivity contribution in [3.8, 4) is 5.75 Å². The number of aliphatic hydroxyl groups excluding tert-OH is 1. The molecule has 0 bridgehead atoms. The van der Waals surface area contributed by atoms with Gasteiger partial charge in [-0.05, 0) is 37.3 Å². The van der Waals surface area contributed by atoms with E-state index in [4.69, 9.17) is 4.74 Å². The molecule has 0 aromatic heterocycles. The standard InChI is InChI=1S/C23H31N3O7S2/c1-16-13-26(17(2)15-27)23(28)20-12-18(24-34(4,29)30)10-11-21(20)33-22(16)14-25(3)35(31,32)19-8-6-5-7-9-19/h5-12,16-17,22,24,27H,13-15H2,1-4H3/t16-,17+,22+/m0/s1. The fourth-order valence-corrected chi connectivity index (χ4v) is 5.60. The summed E-state index contributed by atoms with van der Waals surface area (Å²) in [6, 6.07) is 11.9. The van der Waals surface area contributed by atoms with Crippen LogP contribution in [0.25, 0.3) is 0 Å². The van der Waals surface area contributed by atoms with Crippen molar-refractivity contribution in [2.45, 2.75) is 30.9 Å². The second-order valence-electron chi connectivity index (χ2n) is 8.81. The van der Waals surface area contributed by atoms with Crippen LogP contribution in [0, 0.1) is 5.92 Å². The summed E-state index contributed by atoms with van der Waals surface area (Å²) in [6.07, 6.45) is 0.371. The van der Waals surface area contributed by atoms with Gasteiger partial charge in [0, 0.05) is 25.2 Å². The molecular formula is C23H31N3O7S2. The molecule has 0 radical (unpaired) electrons. The molecule has 3 atom stereocenters. The highest BCUT2D eigenvalue weighted by Crippen LogP contribution is 2.31. The van der Waals surface area contributed by atoms with Gasteiger partial charge in [0.05, 0.1) is 35.9 Å². The van der Waals surface area contributed by atoms with Gasteiger partial charge < -0.3 is 14.7 Å². The predicted molar refractivity (Wildman–Crippen MR) is 132 cm³/mol. The molecule has 1 amide bonds. The number of likely N-dealkylation sites (N-methyl/N-ethyl adjacent to an activating group) is 1. The number of aliphatic hydroxyl groups is 1. The van der Waals surface area contributed by atoms with E-state index in [0.29, 0.717) is 0 Å². The molecule has 3 rings (SSSR count). The predicted octanol–water partition coefficient (Wildman–Crippen LogP) is 1.60. The van der Waals surface area contributed by atoms with Gasteiger partial charge in [0.25, 0.3) is 5.91 Å². The third-order valence-corrected chi connectivity index (χ3v) is 8.30. The van der Waals surface area contributed by atoms with Crippen LogP contribution in [-0.2, 0) is 20.0 Å². The monoisotopic (exact) mass is 525 g/mol. The summed E-state index contributed by atoms with van der Waals surface area (Å²) in [5, 5.41) is 9.75. The van der Waals surface area contributed by atoms with Crippen LogP contribution in [0.5, 0.6) is 5.75 Å². The van der Waals surface area contributed by atoms with Crippen LogP contribution in [0.15, 0.2) is 53.4 Å². The highest BCUT2D eigenvalue weighted by molar-refractivity contribution is 7.92. The second-order valence-corrected chi connectivity index (χ2v) is 12.6. The Balaban J connectivity index is 1.99. The molecule has 1 aliphatic rings. The zero-order chi connectivity index (χ0) is 26.0. The van der Waals surface area contributed by atoms with Crippen molar-refractivity contribution in [2.24, 2.45) is 5.92 Å². The van der Waals surface area contributed by atoms with E-state index in [9.17, 15) is 26.7 Å². The first-order valence-electron chi connectivity index (χ1n) is 11.0. The fraction of sp³-hybridized carbons (Fsp3) is 0.435. The zero-order valence-electron chi connectivity index (χ0n) is 20.1. The molecule has 2 aromatic carbocycles. The maximum atomic E-state index is 13.4. The van der Waals surface area contributed by atoms with E-state index in [2.05, 4.69) is 4.72 Å². The molecule has 1 heterocycles. The zero-order valence-corrected chi connectivity index (χ0v) is 21.7. The highest BCUT2D eigenvalue weighted by atomic mass is 32.2. The van der Waals surface area contributed by atoms with E-state index in [-0.39, 0.29) is 47.5 Å². The van der Waals surface area contributed by atoms with E-state index in [1.807, 2.05) is 6.92 Å². The number of anilines is 1. The van der Waals surface area contributed by atoms with Crippen molar-refractivity contribution in [1.29, 1.82) is 0 Å². The third kappa shape index (κ3) is 6.31. The maximum Gasteiger partial charge on any atom is 0.258 e. The smallest absolute Gasteiger partial charge is 0.258 e. The molecule has 0 spiro atoms. The van der Waals surface area contributed by atoms with Gasteiger partial charge in [-0.1, -0.05) is 25.1 Å². The van der Waals surface area contributed by atoms with Gasteiger partial charge >= 0.3 is 0 Å². The van der Waals surface area contributed by atoms with Crippen molar-refractivity contribution in [2.75, 3.05) is 37.7 Å². The van der Waals surface area contributed by atoms with Crippen molar-refractivity contribution in [3.63, 3.8) is 0 Å². The number of hydrogen-bond donors (Lipinski definition) is 2. The van der Waals surface area contributed by atoms with Crippen molar-refractivity contribution in [3.05, 3.63) is 54.1 Å². The summed E-state index contributed by atoms with van der Waals surface area (Å²) in [5.74, 6) is -0.510. The molecule has 35 heavy (non-hydrogen) atoms. The first-order chi connectivity index (χ1) is 16.3. The van der Waals surface area contributed by atoms with Crippen molar-refractivity contribution >= 4 is 31.6 Å². The van der Waals surface area contributed by atoms with Crippen LogP contribution in [0.4, 0.5) is 5.69 Å². The average Bonchev–Trinajstić information content (AvgIpc) is 2.80. The number of nitrogens with zero attached hydrogens (tertiary/aromatic N) is 2. The Morgan fingerprint density at radius 3 is 2.43 bits per heavy atom. The van der Waals surface area contributed by atoms with E-state index in [1.54, 1.807) is 25.1 Å². The Hall–Kier alpha value is -2.67. The Morgan fingerprint density at radius 2 is 1.83 bits per heavy atom. The number of amides is 1. The topological polar surface area (TPSA) is 133 Å². The molecule has 2 N–H and O–H groups in total. The van der Waals surface area contributed by atoms with Gasteiger partial charge in [0.2, 0.25) is 20.0 Å². The van der Waals surface area contributed by atoms with Gasteiger partial charge in [-0.15, -0.1) is 0 Å². The first-order valence-corrected chi connectivity index (χ1v) is 14.4. The summed E-state index contributed by atoms with van der Waals surface area (Å²) in [7, 11) is -5.89. The molecule has 192 valence electrons. The summed E-state index contributed by atoms with van der Waals surface area (Å²) >= 11 is 0. The summed E-state index contributed by atoms with van der Waals surface area (Å²) in [4.78, 5) is 15.0. The van der Waals surface area contributed by atoms with Gasteiger partial charge in [-0.2, -0.15) is 4.31 Å². The van der Waals surface area contributed by atoms with Crippen LogP contribution in [-0.4, -0.2) is 82.2 Å². The number of fused-ring (bicyclic) bond motifs is 1. The average molecular weight is 526 g/mol. The Labute approximate surface area is 206 Å². The SMILES string of the molecule is C[C@H](CO)N1C[C@H](C)[C@@H](CN(C)S(=O)(=O)c2ccccc2)Oc2ccc(NS(C)(=O)=O)cc2C1=O. The number of carbonyl (C=O) groups is 1. The summed E-state index contributed by atoms with van der Waals surface area (Å²) in [6.45, 7) is 3.49. The minimum Gasteiger partial charge on any atom is -0.488 e. The van der Waals surface area contributed by atoms with Crippen molar-refractivity contribution in [1.82, 2.24) is 9.21 Å². The number of hydrogen-bond acceptors (Lipinski definition) is 7. The molecule has 0 saturated heterocycles. The number of sulfonamides is 2. The number of ether oxygens (including phenoxy) is 1. The Morgan fingerprint density at radius 1 is 1.17 bits per heavy atom. The molecular weight excluding hydrogens is 494 g/mol. The molecule has 0 fully saturated rings. The third-order valence-electron chi connectivity index (χ3n) is 5.86. The molecule has 0 aliphatic carbocycles. The fourth-order valence-electron chi connectivity index (χ4n) is 3.84.